The summed E-state index contributed by atoms with van der Waals surface area (Å²) >= 11 is 1.23. The summed E-state index contributed by atoms with van der Waals surface area (Å²) in [5.41, 5.74) is 0.746. The molecule has 0 aliphatic carbocycles. The number of halogens is 1. The van der Waals surface area contributed by atoms with Crippen molar-refractivity contribution in [3.05, 3.63) is 64.2 Å². The Kier molecular flexibility index (Phi) is 3.31. The molecule has 0 spiro atoms. The van der Waals surface area contributed by atoms with Gasteiger partial charge in [0.25, 0.3) is 5.56 Å². The highest BCUT2D eigenvalue weighted by atomic mass is 32.1. The average molecular weight is 303 g/mol. The van der Waals surface area contributed by atoms with E-state index >= 15 is 0 Å². The fourth-order valence-electron chi connectivity index (χ4n) is 2.02. The largest absolute Gasteiger partial charge is 0.465 e. The average Bonchev–Trinajstić information content (AvgIpc) is 2.83. The van der Waals surface area contributed by atoms with Crippen molar-refractivity contribution in [2.24, 2.45) is 0 Å². The molecule has 0 atom stereocenters. The highest BCUT2D eigenvalue weighted by Gasteiger charge is 2.11. The molecule has 3 aromatic rings. The van der Waals surface area contributed by atoms with Crippen LogP contribution in [0.3, 0.4) is 0 Å². The number of carbonyl (C=O) groups excluding carboxylic acids is 1. The molecule has 0 aliphatic heterocycles. The Morgan fingerprint density at radius 1 is 1.19 bits per heavy atom. The first-order valence-corrected chi connectivity index (χ1v) is 6.88. The molecule has 0 amide bonds. The van der Waals surface area contributed by atoms with E-state index in [4.69, 9.17) is 0 Å². The maximum Gasteiger partial charge on any atom is 0.337 e. The minimum atomic E-state index is -0.439. The van der Waals surface area contributed by atoms with Crippen molar-refractivity contribution in [3.8, 4) is 5.69 Å². The zero-order valence-electron chi connectivity index (χ0n) is 11.0. The number of hydrogen-bond acceptors (Lipinski definition) is 4. The molecule has 0 saturated heterocycles. The van der Waals surface area contributed by atoms with E-state index in [9.17, 15) is 14.0 Å². The summed E-state index contributed by atoms with van der Waals surface area (Å²) in [5, 5.41) is 0.344. The van der Waals surface area contributed by atoms with E-state index in [-0.39, 0.29) is 5.56 Å². The van der Waals surface area contributed by atoms with Crippen molar-refractivity contribution < 1.29 is 13.9 Å². The molecule has 0 fully saturated rings. The summed E-state index contributed by atoms with van der Waals surface area (Å²) in [5.74, 6) is -0.877. The van der Waals surface area contributed by atoms with Crippen LogP contribution >= 0.6 is 11.5 Å². The van der Waals surface area contributed by atoms with E-state index in [0.717, 1.165) is 0 Å². The molecular formula is C15H10FNO3S. The number of nitrogens with zero attached hydrogens (tertiary/aromatic N) is 1. The SMILES string of the molecule is COC(=O)c1ccc(-n2sc3ccc(F)cc3c2=O)cc1. The van der Waals surface area contributed by atoms with Crippen molar-refractivity contribution in [2.45, 2.75) is 0 Å². The summed E-state index contributed by atoms with van der Waals surface area (Å²) < 4.78 is 20.0. The maximum atomic E-state index is 13.2. The number of esters is 1. The van der Waals surface area contributed by atoms with Crippen molar-refractivity contribution >= 4 is 27.6 Å². The zero-order valence-corrected chi connectivity index (χ0v) is 11.8. The molecule has 106 valence electrons. The van der Waals surface area contributed by atoms with Crippen molar-refractivity contribution in [1.29, 1.82) is 0 Å². The second kappa shape index (κ2) is 5.14. The van der Waals surface area contributed by atoms with Crippen LogP contribution in [0, 0.1) is 5.82 Å². The van der Waals surface area contributed by atoms with Gasteiger partial charge >= 0.3 is 5.97 Å². The minimum absolute atomic E-state index is 0.277. The molecular weight excluding hydrogens is 293 g/mol. The van der Waals surface area contributed by atoms with Gasteiger partial charge in [0.05, 0.1) is 28.4 Å². The van der Waals surface area contributed by atoms with Gasteiger partial charge in [-0.15, -0.1) is 0 Å². The number of rotatable bonds is 2. The van der Waals surface area contributed by atoms with E-state index < -0.39 is 11.8 Å². The molecule has 6 heteroatoms. The minimum Gasteiger partial charge on any atom is -0.465 e. The third-order valence-electron chi connectivity index (χ3n) is 3.07. The Labute approximate surface area is 123 Å². The lowest BCUT2D eigenvalue weighted by Gasteiger charge is -2.02. The Bertz CT molecular complexity index is 880. The summed E-state index contributed by atoms with van der Waals surface area (Å²) in [6.07, 6.45) is 0. The molecule has 0 aliphatic rings. The lowest BCUT2D eigenvalue weighted by molar-refractivity contribution is 0.0601. The molecule has 1 heterocycles. The Morgan fingerprint density at radius 2 is 1.90 bits per heavy atom. The lowest BCUT2D eigenvalue weighted by Crippen LogP contribution is -2.11. The van der Waals surface area contributed by atoms with Gasteiger partial charge in [-0.3, -0.25) is 4.79 Å². The second-order valence-electron chi connectivity index (χ2n) is 4.37. The van der Waals surface area contributed by atoms with Gasteiger partial charge < -0.3 is 4.74 Å². The molecule has 0 bridgehead atoms. The third kappa shape index (κ3) is 2.34. The molecule has 1 aromatic heterocycles. The maximum absolute atomic E-state index is 13.2. The van der Waals surface area contributed by atoms with E-state index in [1.807, 2.05) is 0 Å². The molecule has 0 radical (unpaired) electrons. The number of benzene rings is 2. The van der Waals surface area contributed by atoms with Gasteiger partial charge in [0.15, 0.2) is 0 Å². The summed E-state index contributed by atoms with van der Waals surface area (Å²) in [6.45, 7) is 0. The summed E-state index contributed by atoms with van der Waals surface area (Å²) in [6, 6.07) is 10.6. The normalized spacial score (nSPS) is 10.8. The van der Waals surface area contributed by atoms with Crippen LogP contribution in [0.4, 0.5) is 4.39 Å². The third-order valence-corrected chi connectivity index (χ3v) is 4.18. The van der Waals surface area contributed by atoms with Crippen LogP contribution in [0.2, 0.25) is 0 Å². The predicted molar refractivity (Wildman–Crippen MR) is 78.7 cm³/mol. The number of carbonyl (C=O) groups is 1. The molecule has 0 unspecified atom stereocenters. The first-order chi connectivity index (χ1) is 10.1. The smallest absolute Gasteiger partial charge is 0.337 e. The molecule has 0 N–H and O–H groups in total. The van der Waals surface area contributed by atoms with E-state index in [0.29, 0.717) is 21.3 Å². The first kappa shape index (κ1) is 13.5. The zero-order chi connectivity index (χ0) is 15.0. The van der Waals surface area contributed by atoms with Crippen molar-refractivity contribution in [2.75, 3.05) is 7.11 Å². The van der Waals surface area contributed by atoms with Crippen LogP contribution in [0.1, 0.15) is 10.4 Å². The number of methoxy groups -OCH3 is 1. The van der Waals surface area contributed by atoms with Gasteiger partial charge in [0.1, 0.15) is 5.82 Å². The van der Waals surface area contributed by atoms with Gasteiger partial charge in [-0.25, -0.2) is 13.1 Å². The second-order valence-corrected chi connectivity index (χ2v) is 5.36. The fraction of sp³-hybridized carbons (Fsp3) is 0.0667. The molecule has 2 aromatic carbocycles. The Hall–Kier alpha value is -2.47. The van der Waals surface area contributed by atoms with Gasteiger partial charge in [0.2, 0.25) is 0 Å². The summed E-state index contributed by atoms with van der Waals surface area (Å²) in [7, 11) is 1.31. The number of aromatic nitrogens is 1. The summed E-state index contributed by atoms with van der Waals surface area (Å²) in [4.78, 5) is 23.6. The van der Waals surface area contributed by atoms with E-state index in [2.05, 4.69) is 4.74 Å². The Morgan fingerprint density at radius 3 is 2.57 bits per heavy atom. The van der Waals surface area contributed by atoms with Crippen LogP contribution in [0.25, 0.3) is 15.8 Å². The van der Waals surface area contributed by atoms with Gasteiger partial charge in [-0.2, -0.15) is 0 Å². The monoisotopic (exact) mass is 303 g/mol. The van der Waals surface area contributed by atoms with Crippen LogP contribution in [-0.4, -0.2) is 17.0 Å². The van der Waals surface area contributed by atoms with E-state index in [1.54, 1.807) is 30.3 Å². The molecule has 0 saturated carbocycles. The topological polar surface area (TPSA) is 48.3 Å². The standard InChI is InChI=1S/C15H10FNO3S/c1-20-15(19)9-2-5-11(6-3-9)17-14(18)12-8-10(16)4-7-13(12)21-17/h2-8H,1H3. The van der Waals surface area contributed by atoms with E-state index in [1.165, 1.54) is 34.7 Å². The number of ether oxygens (including phenoxy) is 1. The van der Waals surface area contributed by atoms with Crippen molar-refractivity contribution in [1.82, 2.24) is 3.96 Å². The fourth-order valence-corrected chi connectivity index (χ4v) is 3.00. The lowest BCUT2D eigenvalue weighted by atomic mass is 10.2. The highest BCUT2D eigenvalue weighted by Crippen LogP contribution is 2.21. The van der Waals surface area contributed by atoms with Gasteiger partial charge in [0, 0.05) is 0 Å². The molecule has 4 nitrogen and oxygen atoms in total. The van der Waals surface area contributed by atoms with Crippen LogP contribution < -0.4 is 5.56 Å². The number of hydrogen-bond donors (Lipinski definition) is 0. The van der Waals surface area contributed by atoms with Crippen LogP contribution in [-0.2, 0) is 4.74 Å². The quantitative estimate of drug-likeness (QED) is 0.684. The van der Waals surface area contributed by atoms with Crippen molar-refractivity contribution in [3.63, 3.8) is 0 Å². The highest BCUT2D eigenvalue weighted by molar-refractivity contribution is 7.14. The van der Waals surface area contributed by atoms with Crippen LogP contribution in [0.15, 0.2) is 47.3 Å². The molecule has 3 rings (SSSR count). The van der Waals surface area contributed by atoms with Crippen LogP contribution in [0.5, 0.6) is 0 Å². The number of fused-ring (bicyclic) bond motifs is 1. The van der Waals surface area contributed by atoms with Gasteiger partial charge in [-0.1, -0.05) is 11.5 Å². The first-order valence-electron chi connectivity index (χ1n) is 6.10. The predicted octanol–water partition coefficient (Wildman–Crippen LogP) is 2.98. The Balaban J connectivity index is 2.10. The molecule has 21 heavy (non-hydrogen) atoms. The van der Waals surface area contributed by atoms with Gasteiger partial charge in [-0.05, 0) is 42.5 Å².